The van der Waals surface area contributed by atoms with Crippen molar-refractivity contribution in [3.8, 4) is 22.3 Å². The summed E-state index contributed by atoms with van der Waals surface area (Å²) >= 11 is 0. The van der Waals surface area contributed by atoms with Gasteiger partial charge in [0.25, 0.3) is 0 Å². The predicted molar refractivity (Wildman–Crippen MR) is 302 cm³/mol. The highest BCUT2D eigenvalue weighted by Crippen LogP contribution is 2.64. The lowest BCUT2D eigenvalue weighted by atomic mass is 9.70. The third-order valence-electron chi connectivity index (χ3n) is 15.8. The Morgan fingerprint density at radius 1 is 0.260 bits per heavy atom. The highest BCUT2D eigenvalue weighted by molar-refractivity contribution is 6.15. The molecule has 0 radical (unpaired) electrons. The molecule has 340 valence electrons. The number of rotatable bonds is 6. The van der Waals surface area contributed by atoms with E-state index >= 15 is 0 Å². The van der Waals surface area contributed by atoms with Gasteiger partial charge in [-0.05, 0) is 175 Å². The molecular formula is C69H42N2O2. The van der Waals surface area contributed by atoms with Crippen molar-refractivity contribution in [3.05, 3.63) is 277 Å². The van der Waals surface area contributed by atoms with E-state index in [2.05, 4.69) is 252 Å². The maximum Gasteiger partial charge on any atom is 0.137 e. The molecule has 4 heteroatoms. The largest absolute Gasteiger partial charge is 0.456 e. The lowest BCUT2D eigenvalue weighted by Gasteiger charge is -2.31. The molecule has 0 saturated carbocycles. The van der Waals surface area contributed by atoms with Crippen LogP contribution in [0.25, 0.3) is 87.7 Å². The van der Waals surface area contributed by atoms with Crippen LogP contribution in [0.2, 0.25) is 0 Å². The second kappa shape index (κ2) is 15.2. The Morgan fingerprint density at radius 3 is 1.15 bits per heavy atom. The Hall–Kier alpha value is -9.64. The molecule has 73 heavy (non-hydrogen) atoms. The quantitative estimate of drug-likeness (QED) is 0.166. The third kappa shape index (κ3) is 5.66. The maximum absolute atomic E-state index is 6.46. The number of hydrogen-bond acceptors (Lipinski definition) is 4. The topological polar surface area (TPSA) is 32.8 Å². The second-order valence-corrected chi connectivity index (χ2v) is 19.5. The summed E-state index contributed by atoms with van der Waals surface area (Å²) in [4.78, 5) is 4.78. The molecule has 4 nitrogen and oxygen atoms in total. The molecule has 0 atom stereocenters. The Morgan fingerprint density at radius 2 is 0.671 bits per heavy atom. The van der Waals surface area contributed by atoms with Gasteiger partial charge in [-0.1, -0.05) is 146 Å². The predicted octanol–water partition coefficient (Wildman–Crippen LogP) is 19.1. The van der Waals surface area contributed by atoms with Crippen LogP contribution >= 0.6 is 0 Å². The van der Waals surface area contributed by atoms with Gasteiger partial charge in [0.05, 0.1) is 27.6 Å². The van der Waals surface area contributed by atoms with Crippen molar-refractivity contribution in [2.45, 2.75) is 5.41 Å². The van der Waals surface area contributed by atoms with Crippen molar-refractivity contribution >= 4 is 99.5 Å². The summed E-state index contributed by atoms with van der Waals surface area (Å²) in [5.74, 6) is 0. The third-order valence-corrected chi connectivity index (χ3v) is 15.8. The fourth-order valence-electron chi connectivity index (χ4n) is 12.8. The molecule has 2 aliphatic carbocycles. The van der Waals surface area contributed by atoms with E-state index in [9.17, 15) is 0 Å². The van der Waals surface area contributed by atoms with Gasteiger partial charge in [-0.15, -0.1) is 0 Å². The van der Waals surface area contributed by atoms with Gasteiger partial charge in [-0.2, -0.15) is 0 Å². The first-order chi connectivity index (χ1) is 36.2. The zero-order valence-corrected chi connectivity index (χ0v) is 39.5. The Balaban J connectivity index is 0.927. The normalized spacial score (nSPS) is 13.0. The van der Waals surface area contributed by atoms with Gasteiger partial charge >= 0.3 is 0 Å². The number of anilines is 6. The molecule has 2 aromatic heterocycles. The first kappa shape index (κ1) is 40.1. The van der Waals surface area contributed by atoms with Crippen LogP contribution in [-0.2, 0) is 5.41 Å². The van der Waals surface area contributed by atoms with E-state index in [4.69, 9.17) is 8.83 Å². The molecule has 2 heterocycles. The average Bonchev–Trinajstić information content (AvgIpc) is 4.18. The summed E-state index contributed by atoms with van der Waals surface area (Å²) in [6.07, 6.45) is 0. The summed E-state index contributed by atoms with van der Waals surface area (Å²) < 4.78 is 12.9. The molecule has 2 aliphatic rings. The smallest absolute Gasteiger partial charge is 0.137 e. The van der Waals surface area contributed by atoms with E-state index in [0.29, 0.717) is 0 Å². The lowest BCUT2D eigenvalue weighted by Crippen LogP contribution is -2.25. The SMILES string of the molecule is c1ccc(N(c2ccc3cc4c(cc3c2)C2(c3ccccc3-c3ccccc32)c2cc3cc(N(c5ccccc5)c5cccc6oc7ccccc7c56)ccc3cc2-4)c2cccc3oc4ccccc4c23)cc1. The van der Waals surface area contributed by atoms with Gasteiger partial charge in [-0.25, -0.2) is 0 Å². The van der Waals surface area contributed by atoms with Crippen molar-refractivity contribution in [2.24, 2.45) is 0 Å². The minimum absolute atomic E-state index is 0.562. The van der Waals surface area contributed by atoms with Crippen LogP contribution in [0.5, 0.6) is 0 Å². The fraction of sp³-hybridized carbons (Fsp3) is 0.0145. The molecule has 0 unspecified atom stereocenters. The van der Waals surface area contributed by atoms with E-state index in [1.54, 1.807) is 0 Å². The van der Waals surface area contributed by atoms with E-state index in [1.807, 2.05) is 12.1 Å². The summed E-state index contributed by atoms with van der Waals surface area (Å²) in [5, 5.41) is 9.14. The fourth-order valence-corrected chi connectivity index (χ4v) is 12.8. The first-order valence-corrected chi connectivity index (χ1v) is 25.1. The molecule has 0 saturated heterocycles. The molecule has 0 bridgehead atoms. The molecule has 14 aromatic rings. The maximum atomic E-state index is 6.46. The Bertz CT molecular complexity index is 4290. The van der Waals surface area contributed by atoms with Crippen molar-refractivity contribution in [1.29, 1.82) is 0 Å². The van der Waals surface area contributed by atoms with Crippen LogP contribution < -0.4 is 9.80 Å². The van der Waals surface area contributed by atoms with Crippen LogP contribution in [0.3, 0.4) is 0 Å². The van der Waals surface area contributed by atoms with E-state index in [-0.39, 0.29) is 0 Å². The molecular weight excluding hydrogens is 889 g/mol. The van der Waals surface area contributed by atoms with E-state index in [0.717, 1.165) is 78.0 Å². The average molecular weight is 931 g/mol. The molecule has 0 amide bonds. The minimum Gasteiger partial charge on any atom is -0.456 e. The van der Waals surface area contributed by atoms with Gasteiger partial charge in [0.1, 0.15) is 22.3 Å². The van der Waals surface area contributed by atoms with Gasteiger partial charge in [-0.3, -0.25) is 0 Å². The Kier molecular flexibility index (Phi) is 8.35. The second-order valence-electron chi connectivity index (χ2n) is 19.5. The highest BCUT2D eigenvalue weighted by atomic mass is 16.3. The van der Waals surface area contributed by atoms with E-state index in [1.165, 1.54) is 66.1 Å². The van der Waals surface area contributed by atoms with Crippen molar-refractivity contribution in [2.75, 3.05) is 9.80 Å². The van der Waals surface area contributed by atoms with Crippen LogP contribution in [0.4, 0.5) is 34.1 Å². The van der Waals surface area contributed by atoms with Crippen molar-refractivity contribution < 1.29 is 8.83 Å². The first-order valence-electron chi connectivity index (χ1n) is 25.1. The van der Waals surface area contributed by atoms with Crippen molar-refractivity contribution in [3.63, 3.8) is 0 Å². The van der Waals surface area contributed by atoms with Crippen LogP contribution in [0.15, 0.2) is 264 Å². The van der Waals surface area contributed by atoms with Gasteiger partial charge < -0.3 is 18.6 Å². The van der Waals surface area contributed by atoms with Crippen LogP contribution in [-0.4, -0.2) is 0 Å². The summed E-state index contributed by atoms with van der Waals surface area (Å²) in [5.41, 5.74) is 19.7. The van der Waals surface area contributed by atoms with E-state index < -0.39 is 5.41 Å². The highest BCUT2D eigenvalue weighted by Gasteiger charge is 2.52. The molecule has 16 rings (SSSR count). The zero-order chi connectivity index (χ0) is 47.8. The number of para-hydroxylation sites is 4. The minimum atomic E-state index is -0.562. The monoisotopic (exact) mass is 930 g/mol. The number of hydrogen-bond donors (Lipinski definition) is 0. The summed E-state index contributed by atoms with van der Waals surface area (Å²) in [6, 6.07) is 93.0. The number of furan rings is 2. The van der Waals surface area contributed by atoms with Gasteiger partial charge in [0.2, 0.25) is 0 Å². The standard InChI is InChI=1S/C69H42N2O2/c1-3-17-47(18-4-1)70(61-27-15-31-65-67(61)53-23-9-13-29-63(53)72-65)49-35-33-43-39-55-56-40-44-34-36-50(71(48-19-5-2-6-20-48)62-28-16-32-66-68(62)54-24-10-14-30-64(54)73-66)38-46(44)42-60(56)69(59(55)41-45(43)37-49)57-25-11-7-21-51(57)52-22-8-12-26-58(52)69/h1-42H. The summed E-state index contributed by atoms with van der Waals surface area (Å²) in [7, 11) is 0. The van der Waals surface area contributed by atoms with Gasteiger partial charge in [0.15, 0.2) is 0 Å². The number of nitrogens with zero attached hydrogens (tertiary/aromatic N) is 2. The van der Waals surface area contributed by atoms with Crippen LogP contribution in [0, 0.1) is 0 Å². The molecule has 12 aromatic carbocycles. The summed E-state index contributed by atoms with van der Waals surface area (Å²) in [6.45, 7) is 0. The van der Waals surface area contributed by atoms with Crippen LogP contribution in [0.1, 0.15) is 22.3 Å². The van der Waals surface area contributed by atoms with Gasteiger partial charge in [0, 0.05) is 33.5 Å². The zero-order valence-electron chi connectivity index (χ0n) is 39.5. The number of benzene rings is 12. The lowest BCUT2D eigenvalue weighted by molar-refractivity contribution is 0.668. The Labute approximate surface area is 420 Å². The molecule has 0 aliphatic heterocycles. The van der Waals surface area contributed by atoms with Crippen molar-refractivity contribution in [1.82, 2.24) is 0 Å². The molecule has 0 fully saturated rings. The number of fused-ring (bicyclic) bond motifs is 18. The molecule has 1 spiro atoms. The molecule has 0 N–H and O–H groups in total.